The van der Waals surface area contributed by atoms with E-state index in [1.807, 2.05) is 0 Å². The van der Waals surface area contributed by atoms with Gasteiger partial charge in [0.2, 0.25) is 0 Å². The Bertz CT molecular complexity index is 642. The summed E-state index contributed by atoms with van der Waals surface area (Å²) in [6.45, 7) is 6.17. The molecule has 144 valence electrons. The van der Waals surface area contributed by atoms with Gasteiger partial charge >= 0.3 is 5.97 Å². The quantitative estimate of drug-likeness (QED) is 0.562. The highest BCUT2D eigenvalue weighted by Crippen LogP contribution is 2.68. The lowest BCUT2D eigenvalue weighted by Crippen LogP contribution is -2.56. The smallest absolute Gasteiger partial charge is 0.302 e. The van der Waals surface area contributed by atoms with E-state index in [1.165, 1.54) is 19.8 Å². The predicted molar refractivity (Wildman–Crippen MR) is 97.8 cm³/mol. The Kier molecular flexibility index (Phi) is 4.19. The van der Waals surface area contributed by atoms with E-state index in [9.17, 15) is 15.2 Å². The fourth-order valence-electron chi connectivity index (χ4n) is 7.76. The van der Waals surface area contributed by atoms with Gasteiger partial charge in [0.25, 0.3) is 0 Å². The van der Waals surface area contributed by atoms with Crippen LogP contribution in [0.15, 0.2) is 0 Å². The summed E-state index contributed by atoms with van der Waals surface area (Å²) in [5.41, 5.74) is -1.04. The number of carbonyl (C=O) groups excluding carboxylic acids is 1. The number of carbonyl (C=O) groups is 1. The van der Waals surface area contributed by atoms with E-state index in [1.54, 1.807) is 0 Å². The number of hydrogen-bond acceptors (Lipinski definition) is 4. The highest BCUT2D eigenvalue weighted by molar-refractivity contribution is 5.66. The molecule has 1 N–H and O–H groups in total. The first-order valence-corrected chi connectivity index (χ1v) is 10.5. The number of esters is 1. The zero-order chi connectivity index (χ0) is 18.7. The van der Waals surface area contributed by atoms with Crippen LogP contribution in [-0.4, -0.2) is 22.8 Å². The van der Waals surface area contributed by atoms with Crippen LogP contribution in [0.3, 0.4) is 0 Å². The van der Waals surface area contributed by atoms with Crippen molar-refractivity contribution in [3.63, 3.8) is 0 Å². The SMILES string of the molecule is CC(=O)OC1CCC2(C)C(CCC3C2CCC2(C)C3CCC2(O)C#N)C1. The van der Waals surface area contributed by atoms with Gasteiger partial charge in [0, 0.05) is 12.3 Å². The monoisotopic (exact) mass is 359 g/mol. The molecular formula is C22H33NO3. The fourth-order valence-corrected chi connectivity index (χ4v) is 7.76. The third-order valence-corrected chi connectivity index (χ3v) is 9.29. The highest BCUT2D eigenvalue weighted by atomic mass is 16.5. The second-order valence-electron chi connectivity index (χ2n) is 10.1. The molecule has 0 aromatic heterocycles. The summed E-state index contributed by atoms with van der Waals surface area (Å²) < 4.78 is 5.54. The molecule has 0 spiro atoms. The Hall–Kier alpha value is -1.08. The minimum Gasteiger partial charge on any atom is -0.463 e. The van der Waals surface area contributed by atoms with Crippen molar-refractivity contribution in [3.8, 4) is 6.07 Å². The Labute approximate surface area is 157 Å². The van der Waals surface area contributed by atoms with Crippen LogP contribution in [0.1, 0.15) is 78.6 Å². The first kappa shape index (κ1) is 18.3. The van der Waals surface area contributed by atoms with Gasteiger partial charge in [-0.15, -0.1) is 0 Å². The van der Waals surface area contributed by atoms with Crippen LogP contribution in [0.4, 0.5) is 0 Å². The van der Waals surface area contributed by atoms with E-state index < -0.39 is 5.60 Å². The number of rotatable bonds is 1. The second kappa shape index (κ2) is 5.96. The first-order chi connectivity index (χ1) is 12.2. The molecule has 0 aromatic carbocycles. The molecule has 0 radical (unpaired) electrons. The maximum Gasteiger partial charge on any atom is 0.302 e. The van der Waals surface area contributed by atoms with Crippen molar-refractivity contribution in [2.24, 2.45) is 34.5 Å². The topological polar surface area (TPSA) is 70.3 Å². The summed E-state index contributed by atoms with van der Waals surface area (Å²) >= 11 is 0. The molecule has 4 aliphatic rings. The Morgan fingerprint density at radius 2 is 1.81 bits per heavy atom. The van der Waals surface area contributed by atoms with Gasteiger partial charge in [-0.25, -0.2) is 0 Å². The third-order valence-electron chi connectivity index (χ3n) is 9.29. The summed E-state index contributed by atoms with van der Waals surface area (Å²) in [5, 5.41) is 20.6. The van der Waals surface area contributed by atoms with E-state index in [0.29, 0.717) is 35.5 Å². The van der Waals surface area contributed by atoms with E-state index in [2.05, 4.69) is 19.9 Å². The molecule has 26 heavy (non-hydrogen) atoms. The molecule has 0 heterocycles. The normalized spacial score (nSPS) is 53.0. The molecule has 0 aliphatic heterocycles. The van der Waals surface area contributed by atoms with E-state index >= 15 is 0 Å². The molecule has 4 aliphatic carbocycles. The van der Waals surface area contributed by atoms with Gasteiger partial charge < -0.3 is 9.84 Å². The standard InChI is InChI=1S/C22H33NO3/c1-14(24)26-16-6-9-20(2)15(12-16)4-5-17-18(20)7-10-21(3)19(17)8-11-22(21,25)13-23/h15-19,25H,4-12H2,1-3H3. The number of nitrogens with zero attached hydrogens (tertiary/aromatic N) is 1. The lowest BCUT2D eigenvalue weighted by atomic mass is 9.44. The van der Waals surface area contributed by atoms with Crippen molar-refractivity contribution in [1.82, 2.24) is 0 Å². The molecule has 4 heteroatoms. The van der Waals surface area contributed by atoms with Crippen molar-refractivity contribution in [2.45, 2.75) is 90.3 Å². The Balaban J connectivity index is 1.56. The van der Waals surface area contributed by atoms with E-state index in [-0.39, 0.29) is 17.5 Å². The van der Waals surface area contributed by atoms with Gasteiger partial charge in [0.05, 0.1) is 6.07 Å². The summed E-state index contributed by atoms with van der Waals surface area (Å²) in [4.78, 5) is 11.4. The first-order valence-electron chi connectivity index (χ1n) is 10.5. The van der Waals surface area contributed by atoms with E-state index in [4.69, 9.17) is 4.74 Å². The minimum atomic E-state index is -1.13. The molecule has 4 saturated carbocycles. The lowest BCUT2D eigenvalue weighted by molar-refractivity contribution is -0.164. The van der Waals surface area contributed by atoms with Gasteiger partial charge in [-0.1, -0.05) is 13.8 Å². The molecule has 4 nitrogen and oxygen atoms in total. The average Bonchev–Trinajstić information content (AvgIpc) is 2.87. The molecule has 0 amide bonds. The Morgan fingerprint density at radius 3 is 2.50 bits per heavy atom. The van der Waals surface area contributed by atoms with Gasteiger partial charge in [0.1, 0.15) is 6.10 Å². The molecule has 8 unspecified atom stereocenters. The van der Waals surface area contributed by atoms with Crippen LogP contribution < -0.4 is 0 Å². The molecule has 0 saturated heterocycles. The van der Waals surface area contributed by atoms with E-state index in [0.717, 1.165) is 38.5 Å². The molecule has 0 aromatic rings. The zero-order valence-corrected chi connectivity index (χ0v) is 16.5. The third kappa shape index (κ3) is 2.39. The van der Waals surface area contributed by atoms with Crippen LogP contribution in [0.5, 0.6) is 0 Å². The van der Waals surface area contributed by atoms with Crippen LogP contribution >= 0.6 is 0 Å². The number of ether oxygens (including phenoxy) is 1. The molecule has 0 bridgehead atoms. The number of fused-ring (bicyclic) bond motifs is 5. The summed E-state index contributed by atoms with van der Waals surface area (Å²) in [7, 11) is 0. The van der Waals surface area contributed by atoms with Crippen LogP contribution in [0, 0.1) is 45.8 Å². The summed E-state index contributed by atoms with van der Waals surface area (Å²) in [5.74, 6) is 2.31. The molecule has 8 atom stereocenters. The summed E-state index contributed by atoms with van der Waals surface area (Å²) in [6, 6.07) is 2.27. The van der Waals surface area contributed by atoms with Gasteiger partial charge in [0.15, 0.2) is 5.60 Å². The molecule has 4 fully saturated rings. The van der Waals surface area contributed by atoms with Crippen molar-refractivity contribution >= 4 is 5.97 Å². The zero-order valence-electron chi connectivity index (χ0n) is 16.5. The number of nitriles is 1. The van der Waals surface area contributed by atoms with Gasteiger partial charge in [-0.05, 0) is 86.9 Å². The van der Waals surface area contributed by atoms with Crippen LogP contribution in [-0.2, 0) is 9.53 Å². The fraction of sp³-hybridized carbons (Fsp3) is 0.909. The van der Waals surface area contributed by atoms with Gasteiger partial charge in [-0.2, -0.15) is 5.26 Å². The van der Waals surface area contributed by atoms with Crippen LogP contribution in [0.2, 0.25) is 0 Å². The predicted octanol–water partition coefficient (Wildman–Crippen LogP) is 4.22. The maximum absolute atomic E-state index is 11.4. The van der Waals surface area contributed by atoms with Crippen molar-refractivity contribution < 1.29 is 14.6 Å². The molecular weight excluding hydrogens is 326 g/mol. The second-order valence-corrected chi connectivity index (χ2v) is 10.1. The average molecular weight is 360 g/mol. The number of hydrogen-bond donors (Lipinski definition) is 1. The van der Waals surface area contributed by atoms with Crippen molar-refractivity contribution in [1.29, 1.82) is 5.26 Å². The largest absolute Gasteiger partial charge is 0.463 e. The minimum absolute atomic E-state index is 0.103. The van der Waals surface area contributed by atoms with Crippen molar-refractivity contribution in [2.75, 3.05) is 0 Å². The summed E-state index contributed by atoms with van der Waals surface area (Å²) in [6.07, 6.45) is 9.40. The van der Waals surface area contributed by atoms with Gasteiger partial charge in [-0.3, -0.25) is 4.79 Å². The Morgan fingerprint density at radius 1 is 1.08 bits per heavy atom. The maximum atomic E-state index is 11.4. The molecule has 4 rings (SSSR count). The lowest BCUT2D eigenvalue weighted by Gasteiger charge is -2.61. The highest BCUT2D eigenvalue weighted by Gasteiger charge is 2.65. The van der Waals surface area contributed by atoms with Crippen LogP contribution in [0.25, 0.3) is 0 Å². The van der Waals surface area contributed by atoms with Crippen molar-refractivity contribution in [3.05, 3.63) is 0 Å². The number of aliphatic hydroxyl groups is 1.